The first-order valence-corrected chi connectivity index (χ1v) is 10.9. The van der Waals surface area contributed by atoms with Crippen LogP contribution >= 0.6 is 47.4 Å². The molecule has 3 rings (SSSR count). The number of carbonyl (C=O) groups is 1. The van der Waals surface area contributed by atoms with Gasteiger partial charge in [-0.05, 0) is 37.5 Å². The van der Waals surface area contributed by atoms with Crippen molar-refractivity contribution in [3.8, 4) is 0 Å². The summed E-state index contributed by atoms with van der Waals surface area (Å²) in [6.07, 6.45) is 6.68. The Labute approximate surface area is 181 Å². The summed E-state index contributed by atoms with van der Waals surface area (Å²) in [6, 6.07) is 4.09. The molecule has 1 heterocycles. The number of amides is 1. The number of halogens is 3. The van der Waals surface area contributed by atoms with Crippen molar-refractivity contribution in [2.45, 2.75) is 57.5 Å². The molecule has 150 valence electrons. The van der Waals surface area contributed by atoms with Crippen LogP contribution in [0.3, 0.4) is 0 Å². The summed E-state index contributed by atoms with van der Waals surface area (Å²) in [5, 5.41) is 5.07. The third-order valence-electron chi connectivity index (χ3n) is 5.07. The minimum absolute atomic E-state index is 0. The van der Waals surface area contributed by atoms with E-state index in [1.165, 1.54) is 32.1 Å². The van der Waals surface area contributed by atoms with Gasteiger partial charge in [-0.25, -0.2) is 0 Å². The molecule has 2 aliphatic rings. The molecule has 0 spiro atoms. The van der Waals surface area contributed by atoms with Gasteiger partial charge in [0.25, 0.3) is 0 Å². The smallest absolute Gasteiger partial charge is 0.226 e. The number of nitrogens with one attached hydrogen (secondary N) is 1. The molecular formula is C19H26Cl3N3OS. The lowest BCUT2D eigenvalue weighted by molar-refractivity contribution is -0.116. The maximum absolute atomic E-state index is 12.5. The largest absolute Gasteiger partial charge is 0.350 e. The SMILES string of the molecule is Cc1cc(Cl)c(NC(=O)CC2CS/C(=N\C3CCCCC3)N2C)cc1Cl.Cl. The Morgan fingerprint density at radius 2 is 1.96 bits per heavy atom. The Morgan fingerprint density at radius 3 is 2.67 bits per heavy atom. The van der Waals surface area contributed by atoms with Crippen molar-refractivity contribution < 1.29 is 4.79 Å². The molecule has 0 aromatic heterocycles. The van der Waals surface area contributed by atoms with Crippen LogP contribution in [-0.2, 0) is 4.79 Å². The van der Waals surface area contributed by atoms with Crippen molar-refractivity contribution in [2.75, 3.05) is 18.1 Å². The first kappa shape index (κ1) is 22.7. The molecule has 4 nitrogen and oxygen atoms in total. The molecule has 1 unspecified atom stereocenters. The van der Waals surface area contributed by atoms with Gasteiger partial charge >= 0.3 is 0 Å². The molecule has 1 saturated carbocycles. The van der Waals surface area contributed by atoms with Crippen molar-refractivity contribution in [3.05, 3.63) is 27.7 Å². The van der Waals surface area contributed by atoms with Crippen molar-refractivity contribution in [1.82, 2.24) is 4.90 Å². The third-order valence-corrected chi connectivity index (χ3v) is 6.99. The van der Waals surface area contributed by atoms with Crippen molar-refractivity contribution in [2.24, 2.45) is 4.99 Å². The van der Waals surface area contributed by atoms with E-state index in [9.17, 15) is 4.79 Å². The topological polar surface area (TPSA) is 44.7 Å². The normalized spacial score (nSPS) is 22.0. The highest BCUT2D eigenvalue weighted by Crippen LogP contribution is 2.31. The van der Waals surface area contributed by atoms with E-state index in [1.54, 1.807) is 23.9 Å². The van der Waals surface area contributed by atoms with Gasteiger partial charge in [0.05, 0.1) is 16.8 Å². The minimum atomic E-state index is -0.0526. The fraction of sp³-hybridized carbons (Fsp3) is 0.579. The lowest BCUT2D eigenvalue weighted by Gasteiger charge is -2.23. The molecule has 1 aliphatic carbocycles. The Bertz CT molecular complexity index is 708. The Kier molecular flexibility index (Phi) is 8.60. The van der Waals surface area contributed by atoms with Crippen LogP contribution in [0.4, 0.5) is 5.69 Å². The quantitative estimate of drug-likeness (QED) is 0.631. The molecule has 1 saturated heterocycles. The van der Waals surface area contributed by atoms with Gasteiger partial charge in [-0.3, -0.25) is 9.79 Å². The van der Waals surface area contributed by atoms with Crippen molar-refractivity contribution in [3.63, 3.8) is 0 Å². The van der Waals surface area contributed by atoms with Crippen LogP contribution in [0.5, 0.6) is 0 Å². The maximum Gasteiger partial charge on any atom is 0.226 e. The van der Waals surface area contributed by atoms with Crippen LogP contribution in [0, 0.1) is 6.92 Å². The van der Waals surface area contributed by atoms with E-state index in [2.05, 4.69) is 10.2 Å². The van der Waals surface area contributed by atoms with E-state index in [0.29, 0.717) is 28.2 Å². The summed E-state index contributed by atoms with van der Waals surface area (Å²) in [6.45, 7) is 1.89. The first-order chi connectivity index (χ1) is 12.4. The molecule has 8 heteroatoms. The fourth-order valence-electron chi connectivity index (χ4n) is 3.39. The van der Waals surface area contributed by atoms with Gasteiger partial charge in [-0.2, -0.15) is 0 Å². The monoisotopic (exact) mass is 449 g/mol. The predicted molar refractivity (Wildman–Crippen MR) is 120 cm³/mol. The van der Waals surface area contributed by atoms with Crippen LogP contribution in [0.1, 0.15) is 44.1 Å². The first-order valence-electron chi connectivity index (χ1n) is 9.13. The molecule has 1 amide bonds. The maximum atomic E-state index is 12.5. The van der Waals surface area contributed by atoms with Crippen LogP contribution in [0.2, 0.25) is 10.0 Å². The number of hydrogen-bond acceptors (Lipinski definition) is 3. The van der Waals surface area contributed by atoms with E-state index < -0.39 is 0 Å². The average molecular weight is 451 g/mol. The third kappa shape index (κ3) is 5.93. The summed E-state index contributed by atoms with van der Waals surface area (Å²) in [5.74, 6) is 0.834. The molecule has 0 bridgehead atoms. The van der Waals surface area contributed by atoms with E-state index in [0.717, 1.165) is 16.5 Å². The lowest BCUT2D eigenvalue weighted by Crippen LogP contribution is -2.34. The molecule has 27 heavy (non-hydrogen) atoms. The van der Waals surface area contributed by atoms with Crippen LogP contribution < -0.4 is 5.32 Å². The number of nitrogens with zero attached hydrogens (tertiary/aromatic N) is 2. The molecule has 1 atom stereocenters. The summed E-state index contributed by atoms with van der Waals surface area (Å²) in [4.78, 5) is 19.6. The number of anilines is 1. The average Bonchev–Trinajstić information content (AvgIpc) is 2.94. The zero-order valence-electron chi connectivity index (χ0n) is 15.6. The number of amidine groups is 1. The zero-order valence-corrected chi connectivity index (χ0v) is 18.8. The number of thioether (sulfide) groups is 1. The second kappa shape index (κ2) is 10.2. The highest BCUT2D eigenvalue weighted by molar-refractivity contribution is 8.14. The standard InChI is InChI=1S/C19H25Cl2N3OS.ClH/c1-12-8-16(21)17(10-15(12)20)23-18(25)9-14-11-26-19(24(14)2)22-13-6-4-3-5-7-13;/h8,10,13-14H,3-7,9,11H2,1-2H3,(H,23,25);1H/b22-19-;. The summed E-state index contributed by atoms with van der Waals surface area (Å²) in [5.41, 5.74) is 1.46. The van der Waals surface area contributed by atoms with Crippen molar-refractivity contribution >= 4 is 64.1 Å². The molecule has 0 radical (unpaired) electrons. The number of benzene rings is 1. The van der Waals surface area contributed by atoms with E-state index in [4.69, 9.17) is 28.2 Å². The van der Waals surface area contributed by atoms with Gasteiger partial charge in [-0.15, -0.1) is 12.4 Å². The van der Waals surface area contributed by atoms with E-state index in [-0.39, 0.29) is 24.4 Å². The summed E-state index contributed by atoms with van der Waals surface area (Å²) >= 11 is 14.1. The van der Waals surface area contributed by atoms with E-state index in [1.807, 2.05) is 14.0 Å². The molecule has 1 aromatic rings. The number of rotatable bonds is 4. The Morgan fingerprint density at radius 1 is 1.26 bits per heavy atom. The van der Waals surface area contributed by atoms with Gasteiger partial charge in [0.1, 0.15) is 0 Å². The molecule has 1 aliphatic heterocycles. The number of carbonyl (C=O) groups excluding carboxylic acids is 1. The summed E-state index contributed by atoms with van der Waals surface area (Å²) in [7, 11) is 2.04. The molecule has 1 N–H and O–H groups in total. The Hall–Kier alpha value is -0.620. The second-order valence-electron chi connectivity index (χ2n) is 7.11. The molecule has 1 aromatic carbocycles. The zero-order chi connectivity index (χ0) is 18.7. The number of aryl methyl sites for hydroxylation is 1. The van der Waals surface area contributed by atoms with Crippen LogP contribution in [-0.4, -0.2) is 40.9 Å². The Balaban J connectivity index is 0.00000261. The van der Waals surface area contributed by atoms with Crippen molar-refractivity contribution in [1.29, 1.82) is 0 Å². The molecular weight excluding hydrogens is 425 g/mol. The van der Waals surface area contributed by atoms with Gasteiger partial charge in [0.15, 0.2) is 5.17 Å². The number of aliphatic imine (C=N–C) groups is 1. The molecule has 2 fully saturated rings. The van der Waals surface area contributed by atoms with Gasteiger partial charge in [0, 0.05) is 30.3 Å². The highest BCUT2D eigenvalue weighted by Gasteiger charge is 2.30. The van der Waals surface area contributed by atoms with E-state index >= 15 is 0 Å². The fourth-order valence-corrected chi connectivity index (χ4v) is 5.08. The van der Waals surface area contributed by atoms with Gasteiger partial charge in [-0.1, -0.05) is 54.2 Å². The highest BCUT2D eigenvalue weighted by atomic mass is 35.5. The van der Waals surface area contributed by atoms with Gasteiger partial charge in [0.2, 0.25) is 5.91 Å². The van der Waals surface area contributed by atoms with Crippen LogP contribution in [0.15, 0.2) is 17.1 Å². The van der Waals surface area contributed by atoms with Crippen LogP contribution in [0.25, 0.3) is 0 Å². The summed E-state index contributed by atoms with van der Waals surface area (Å²) < 4.78 is 0. The van der Waals surface area contributed by atoms with Gasteiger partial charge < -0.3 is 10.2 Å². The second-order valence-corrected chi connectivity index (χ2v) is 8.91. The lowest BCUT2D eigenvalue weighted by atomic mass is 9.96. The number of hydrogen-bond donors (Lipinski definition) is 1. The predicted octanol–water partition coefficient (Wildman–Crippen LogP) is 5.79. The minimum Gasteiger partial charge on any atom is -0.350 e.